The fourth-order valence-electron chi connectivity index (χ4n) is 2.70. The molecule has 0 fully saturated rings. The van der Waals surface area contributed by atoms with E-state index >= 15 is 0 Å². The van der Waals surface area contributed by atoms with Gasteiger partial charge in [0.05, 0.1) is 16.7 Å². The minimum Gasteiger partial charge on any atom is -0.508 e. The fourth-order valence-corrected chi connectivity index (χ4v) is 2.87. The summed E-state index contributed by atoms with van der Waals surface area (Å²) in [5.74, 6) is 0.240. The summed E-state index contributed by atoms with van der Waals surface area (Å²) >= 11 is 6.10. The molecule has 0 saturated heterocycles. The Morgan fingerprint density at radius 2 is 1.88 bits per heavy atom. The molecule has 0 spiro atoms. The van der Waals surface area contributed by atoms with Gasteiger partial charge < -0.3 is 15.3 Å². The second-order valence-electron chi connectivity index (χ2n) is 5.93. The first kappa shape index (κ1) is 18.6. The maximum absolute atomic E-state index is 9.83. The molecule has 0 aliphatic rings. The van der Waals surface area contributed by atoms with E-state index < -0.39 is 0 Å². The van der Waals surface area contributed by atoms with Gasteiger partial charge in [0, 0.05) is 22.3 Å². The molecule has 0 aliphatic carbocycles. The second kappa shape index (κ2) is 7.88. The molecule has 2 N–H and O–H groups in total. The lowest BCUT2D eigenvalue weighted by atomic mass is 10.1. The van der Waals surface area contributed by atoms with Gasteiger partial charge in [-0.25, -0.2) is 4.98 Å². The highest BCUT2D eigenvalue weighted by Gasteiger charge is 2.10. The zero-order valence-corrected chi connectivity index (χ0v) is 15.3. The Kier molecular flexibility index (Phi) is 6.10. The number of phenols is 1. The van der Waals surface area contributed by atoms with E-state index in [0.717, 1.165) is 47.0 Å². The summed E-state index contributed by atoms with van der Waals surface area (Å²) in [5, 5.41) is 15.9. The number of nitrogens with one attached hydrogen (secondary N) is 1. The van der Waals surface area contributed by atoms with Crippen molar-refractivity contribution < 1.29 is 5.11 Å². The van der Waals surface area contributed by atoms with Crippen molar-refractivity contribution >= 4 is 51.5 Å². The topological polar surface area (TPSA) is 48.4 Å². The average Bonchev–Trinajstić information content (AvgIpc) is 2.50. The Morgan fingerprint density at radius 1 is 1.08 bits per heavy atom. The normalized spacial score (nSPS) is 11.0. The Bertz CT molecular complexity index is 852. The van der Waals surface area contributed by atoms with Crippen LogP contribution in [0.2, 0.25) is 5.02 Å². The van der Waals surface area contributed by atoms with E-state index in [1.165, 1.54) is 0 Å². The largest absolute Gasteiger partial charge is 0.508 e. The smallest absolute Gasteiger partial charge is 0.116 e. The minimum absolute atomic E-state index is 0. The van der Waals surface area contributed by atoms with Crippen molar-refractivity contribution in [2.24, 2.45) is 0 Å². The van der Waals surface area contributed by atoms with Gasteiger partial charge in [-0.15, -0.1) is 12.4 Å². The number of pyridine rings is 1. The van der Waals surface area contributed by atoms with Gasteiger partial charge in [-0.1, -0.05) is 11.6 Å². The molecular formula is C18H21Cl2N3O. The van der Waals surface area contributed by atoms with E-state index in [9.17, 15) is 5.11 Å². The van der Waals surface area contributed by atoms with Crippen LogP contribution in [0.3, 0.4) is 0 Å². The van der Waals surface area contributed by atoms with Gasteiger partial charge in [0.2, 0.25) is 0 Å². The molecule has 0 bridgehead atoms. The van der Waals surface area contributed by atoms with Gasteiger partial charge in [-0.2, -0.15) is 0 Å². The minimum atomic E-state index is 0. The molecule has 0 atom stereocenters. The van der Waals surface area contributed by atoms with Crippen molar-refractivity contribution in [3.63, 3.8) is 0 Å². The lowest BCUT2D eigenvalue weighted by Gasteiger charge is -2.15. The summed E-state index contributed by atoms with van der Waals surface area (Å²) in [4.78, 5) is 6.82. The number of fused-ring (bicyclic) bond motifs is 2. The highest BCUT2D eigenvalue weighted by molar-refractivity contribution is 6.31. The molecule has 1 aromatic heterocycles. The molecule has 0 unspecified atom stereocenters. The Labute approximate surface area is 152 Å². The van der Waals surface area contributed by atoms with Crippen LogP contribution < -0.4 is 5.32 Å². The van der Waals surface area contributed by atoms with Crippen molar-refractivity contribution in [2.75, 3.05) is 32.5 Å². The average molecular weight is 366 g/mol. The van der Waals surface area contributed by atoms with Crippen LogP contribution in [0.5, 0.6) is 5.75 Å². The summed E-state index contributed by atoms with van der Waals surface area (Å²) in [6, 6.07) is 10.9. The first-order valence-electron chi connectivity index (χ1n) is 7.65. The summed E-state index contributed by atoms with van der Waals surface area (Å²) in [7, 11) is 4.13. The lowest BCUT2D eigenvalue weighted by molar-refractivity contribution is 0.405. The highest BCUT2D eigenvalue weighted by Crippen LogP contribution is 2.33. The second-order valence-corrected chi connectivity index (χ2v) is 6.37. The number of aromatic nitrogens is 1. The zero-order valence-electron chi connectivity index (χ0n) is 13.7. The molecule has 3 aromatic rings. The van der Waals surface area contributed by atoms with Gasteiger partial charge in [0.15, 0.2) is 0 Å². The molecule has 0 radical (unpaired) electrons. The van der Waals surface area contributed by atoms with E-state index in [1.807, 2.05) is 24.3 Å². The number of nitrogens with zero attached hydrogens (tertiary/aromatic N) is 2. The molecule has 0 aliphatic heterocycles. The van der Waals surface area contributed by atoms with E-state index in [2.05, 4.69) is 29.3 Å². The Morgan fingerprint density at radius 3 is 2.62 bits per heavy atom. The van der Waals surface area contributed by atoms with Crippen molar-refractivity contribution in [3.05, 3.63) is 41.4 Å². The number of hydrogen-bond acceptors (Lipinski definition) is 4. The molecule has 0 amide bonds. The lowest BCUT2D eigenvalue weighted by Crippen LogP contribution is -2.16. The van der Waals surface area contributed by atoms with Crippen LogP contribution in [0.25, 0.3) is 21.8 Å². The van der Waals surface area contributed by atoms with Crippen LogP contribution in [0.1, 0.15) is 6.42 Å². The number of phenolic OH excluding ortho intramolecular Hbond substituents is 1. The molecule has 128 valence electrons. The van der Waals surface area contributed by atoms with Crippen molar-refractivity contribution in [2.45, 2.75) is 6.42 Å². The van der Waals surface area contributed by atoms with Gasteiger partial charge >= 0.3 is 0 Å². The standard InChI is InChI=1S/C18H20ClN3O.ClH/c1-22(2)9-3-8-20-18-14-6-4-12(19)10-17(14)21-16-7-5-13(23)11-15(16)18;/h4-7,10-11,23H,3,8-9H2,1-2H3,(H,20,21);1H. The van der Waals surface area contributed by atoms with Gasteiger partial charge in [-0.05, 0) is 63.5 Å². The predicted octanol–water partition coefficient (Wildman–Crippen LogP) is 4.53. The SMILES string of the molecule is CN(C)CCCNc1c2ccc(Cl)cc2nc2ccc(O)cc12.Cl. The van der Waals surface area contributed by atoms with E-state index in [1.54, 1.807) is 12.1 Å². The van der Waals surface area contributed by atoms with E-state index in [4.69, 9.17) is 11.6 Å². The third-order valence-electron chi connectivity index (χ3n) is 3.80. The number of rotatable bonds is 5. The highest BCUT2D eigenvalue weighted by atomic mass is 35.5. The number of benzene rings is 2. The summed E-state index contributed by atoms with van der Waals surface area (Å²) < 4.78 is 0. The maximum atomic E-state index is 9.83. The summed E-state index contributed by atoms with van der Waals surface area (Å²) in [6.45, 7) is 1.87. The predicted molar refractivity (Wildman–Crippen MR) is 105 cm³/mol. The van der Waals surface area contributed by atoms with Crippen molar-refractivity contribution in [3.8, 4) is 5.75 Å². The third kappa shape index (κ3) is 4.01. The molecule has 24 heavy (non-hydrogen) atoms. The van der Waals surface area contributed by atoms with E-state index in [0.29, 0.717) is 5.02 Å². The molecule has 1 heterocycles. The number of aromatic hydroxyl groups is 1. The first-order valence-corrected chi connectivity index (χ1v) is 8.03. The number of hydrogen-bond donors (Lipinski definition) is 2. The molecule has 6 heteroatoms. The van der Waals surface area contributed by atoms with Crippen molar-refractivity contribution in [1.82, 2.24) is 9.88 Å². The molecule has 0 saturated carbocycles. The van der Waals surface area contributed by atoms with Gasteiger partial charge in [-0.3, -0.25) is 0 Å². The quantitative estimate of drug-likeness (QED) is 0.514. The van der Waals surface area contributed by atoms with Crippen LogP contribution in [-0.4, -0.2) is 42.2 Å². The first-order chi connectivity index (χ1) is 11.0. The summed E-state index contributed by atoms with van der Waals surface area (Å²) in [6.07, 6.45) is 1.03. The Balaban J connectivity index is 0.00000208. The van der Waals surface area contributed by atoms with Gasteiger partial charge in [0.25, 0.3) is 0 Å². The van der Waals surface area contributed by atoms with Crippen LogP contribution in [0.15, 0.2) is 36.4 Å². The van der Waals surface area contributed by atoms with E-state index in [-0.39, 0.29) is 18.2 Å². The monoisotopic (exact) mass is 365 g/mol. The molecule has 2 aromatic carbocycles. The van der Waals surface area contributed by atoms with Crippen LogP contribution in [0, 0.1) is 0 Å². The molecular weight excluding hydrogens is 345 g/mol. The van der Waals surface area contributed by atoms with Crippen LogP contribution in [0.4, 0.5) is 5.69 Å². The Hall–Kier alpha value is -1.75. The van der Waals surface area contributed by atoms with Crippen molar-refractivity contribution in [1.29, 1.82) is 0 Å². The number of halogens is 2. The zero-order chi connectivity index (χ0) is 16.4. The fraction of sp³-hybridized carbons (Fsp3) is 0.278. The third-order valence-corrected chi connectivity index (χ3v) is 4.04. The molecule has 3 rings (SSSR count). The summed E-state index contributed by atoms with van der Waals surface area (Å²) in [5.41, 5.74) is 2.69. The maximum Gasteiger partial charge on any atom is 0.116 e. The van der Waals surface area contributed by atoms with Crippen LogP contribution in [-0.2, 0) is 0 Å². The number of anilines is 1. The van der Waals surface area contributed by atoms with Gasteiger partial charge in [0.1, 0.15) is 5.75 Å². The molecule has 4 nitrogen and oxygen atoms in total. The van der Waals surface area contributed by atoms with Crippen LogP contribution >= 0.6 is 24.0 Å².